The molecule has 0 heterocycles. The number of amides is 1. The Morgan fingerprint density at radius 2 is 1.68 bits per heavy atom. The molecule has 4 aliphatic rings. The van der Waals surface area contributed by atoms with E-state index >= 15 is 0 Å². The third-order valence-electron chi connectivity index (χ3n) is 10.8. The van der Waals surface area contributed by atoms with Crippen LogP contribution < -0.4 is 5.32 Å². The van der Waals surface area contributed by atoms with Crippen molar-refractivity contribution in [3.63, 3.8) is 0 Å². The van der Waals surface area contributed by atoms with Crippen molar-refractivity contribution in [3.05, 3.63) is 0 Å². The molecular formula is C25H44N2O. The van der Waals surface area contributed by atoms with Gasteiger partial charge in [0.1, 0.15) is 0 Å². The van der Waals surface area contributed by atoms with Crippen molar-refractivity contribution < 1.29 is 4.79 Å². The lowest BCUT2D eigenvalue weighted by atomic mass is 9.44. The standard InChI is InChI=1S/C25H44N2O/c1-16(27(6)17(2)28)21-9-10-22-20-8-7-18-15-19(26-5)11-13-24(18,3)23(20)12-14-25(21,22)4/h16,18-23,26H,7-15H2,1-6H3. The summed E-state index contributed by atoms with van der Waals surface area (Å²) in [5.74, 6) is 4.61. The molecule has 0 bridgehead atoms. The summed E-state index contributed by atoms with van der Waals surface area (Å²) in [5.41, 5.74) is 1.02. The first-order valence-corrected chi connectivity index (χ1v) is 12.1. The predicted molar refractivity (Wildman–Crippen MR) is 116 cm³/mol. The van der Waals surface area contributed by atoms with Gasteiger partial charge in [0, 0.05) is 26.1 Å². The first kappa shape index (κ1) is 20.7. The number of fused-ring (bicyclic) bond motifs is 5. The van der Waals surface area contributed by atoms with Crippen LogP contribution in [0.15, 0.2) is 0 Å². The van der Waals surface area contributed by atoms with Gasteiger partial charge in [0.15, 0.2) is 0 Å². The second-order valence-corrected chi connectivity index (χ2v) is 11.5. The molecule has 0 radical (unpaired) electrons. The fraction of sp³-hybridized carbons (Fsp3) is 0.960. The molecular weight excluding hydrogens is 344 g/mol. The van der Waals surface area contributed by atoms with Crippen LogP contribution in [0.25, 0.3) is 0 Å². The van der Waals surface area contributed by atoms with Crippen LogP contribution in [-0.4, -0.2) is 37.0 Å². The van der Waals surface area contributed by atoms with Crippen LogP contribution in [-0.2, 0) is 4.79 Å². The molecule has 0 spiro atoms. The molecule has 3 nitrogen and oxygen atoms in total. The average molecular weight is 389 g/mol. The lowest BCUT2D eigenvalue weighted by Crippen LogP contribution is -2.56. The Morgan fingerprint density at radius 1 is 1.00 bits per heavy atom. The van der Waals surface area contributed by atoms with Crippen molar-refractivity contribution in [2.45, 2.75) is 97.6 Å². The summed E-state index contributed by atoms with van der Waals surface area (Å²) in [6.45, 7) is 9.30. The zero-order valence-corrected chi connectivity index (χ0v) is 19.3. The molecule has 160 valence electrons. The molecule has 0 aliphatic heterocycles. The molecule has 0 aromatic heterocycles. The van der Waals surface area contributed by atoms with E-state index in [1.807, 2.05) is 11.9 Å². The van der Waals surface area contributed by atoms with E-state index in [0.29, 0.717) is 22.8 Å². The van der Waals surface area contributed by atoms with Crippen LogP contribution in [0.2, 0.25) is 0 Å². The molecule has 4 aliphatic carbocycles. The molecule has 4 rings (SSSR count). The molecule has 4 saturated carbocycles. The summed E-state index contributed by atoms with van der Waals surface area (Å²) >= 11 is 0. The smallest absolute Gasteiger partial charge is 0.219 e. The first-order valence-electron chi connectivity index (χ1n) is 12.1. The minimum Gasteiger partial charge on any atom is -0.343 e. The quantitative estimate of drug-likeness (QED) is 0.729. The molecule has 3 heteroatoms. The highest BCUT2D eigenvalue weighted by Crippen LogP contribution is 2.67. The van der Waals surface area contributed by atoms with Gasteiger partial charge in [-0.3, -0.25) is 4.79 Å². The monoisotopic (exact) mass is 388 g/mol. The zero-order chi connectivity index (χ0) is 20.3. The van der Waals surface area contributed by atoms with Gasteiger partial charge in [0.2, 0.25) is 5.91 Å². The zero-order valence-electron chi connectivity index (χ0n) is 19.3. The number of nitrogens with one attached hydrogen (secondary N) is 1. The third-order valence-corrected chi connectivity index (χ3v) is 10.8. The topological polar surface area (TPSA) is 32.3 Å². The van der Waals surface area contributed by atoms with E-state index in [1.54, 1.807) is 6.92 Å². The lowest BCUT2D eigenvalue weighted by Gasteiger charge is -2.61. The maximum absolute atomic E-state index is 12.0. The van der Waals surface area contributed by atoms with Gasteiger partial charge in [0.25, 0.3) is 0 Å². The molecule has 0 aromatic rings. The van der Waals surface area contributed by atoms with E-state index in [9.17, 15) is 4.79 Å². The van der Waals surface area contributed by atoms with Gasteiger partial charge in [-0.05, 0) is 112 Å². The van der Waals surface area contributed by atoms with E-state index in [-0.39, 0.29) is 5.91 Å². The highest BCUT2D eigenvalue weighted by molar-refractivity contribution is 5.73. The highest BCUT2D eigenvalue weighted by atomic mass is 16.2. The van der Waals surface area contributed by atoms with Crippen LogP contribution in [0.4, 0.5) is 0 Å². The van der Waals surface area contributed by atoms with Gasteiger partial charge in [-0.1, -0.05) is 13.8 Å². The number of hydrogen-bond acceptors (Lipinski definition) is 2. The van der Waals surface area contributed by atoms with Crippen molar-refractivity contribution in [1.29, 1.82) is 0 Å². The second-order valence-electron chi connectivity index (χ2n) is 11.5. The molecule has 0 saturated heterocycles. The van der Waals surface area contributed by atoms with Gasteiger partial charge in [-0.2, -0.15) is 0 Å². The maximum atomic E-state index is 12.0. The van der Waals surface area contributed by atoms with Crippen LogP contribution in [0.1, 0.15) is 85.5 Å². The molecule has 9 unspecified atom stereocenters. The van der Waals surface area contributed by atoms with Crippen molar-refractivity contribution >= 4 is 5.91 Å². The first-order chi connectivity index (χ1) is 13.2. The van der Waals surface area contributed by atoms with Crippen molar-refractivity contribution in [1.82, 2.24) is 10.2 Å². The SMILES string of the molecule is CNC1CCC2(C)C(CCC3C2CCC2(C)C3CCC2C(C)N(C)C(C)=O)C1. The Balaban J connectivity index is 1.54. The van der Waals surface area contributed by atoms with E-state index in [1.165, 1.54) is 57.8 Å². The van der Waals surface area contributed by atoms with E-state index in [0.717, 1.165) is 29.7 Å². The van der Waals surface area contributed by atoms with Gasteiger partial charge in [0.05, 0.1) is 0 Å². The maximum Gasteiger partial charge on any atom is 0.219 e. The summed E-state index contributed by atoms with van der Waals surface area (Å²) < 4.78 is 0. The van der Waals surface area contributed by atoms with Gasteiger partial charge >= 0.3 is 0 Å². The van der Waals surface area contributed by atoms with E-state index in [4.69, 9.17) is 0 Å². The summed E-state index contributed by atoms with van der Waals surface area (Å²) in [4.78, 5) is 14.0. The van der Waals surface area contributed by atoms with Crippen LogP contribution in [0.3, 0.4) is 0 Å². The molecule has 0 aromatic carbocycles. The molecule has 28 heavy (non-hydrogen) atoms. The lowest BCUT2D eigenvalue weighted by molar-refractivity contribution is -0.135. The molecule has 9 atom stereocenters. The number of rotatable bonds is 3. The number of nitrogens with zero attached hydrogens (tertiary/aromatic N) is 1. The normalized spacial score (nSPS) is 48.9. The van der Waals surface area contributed by atoms with Crippen LogP contribution in [0.5, 0.6) is 0 Å². The minimum atomic E-state index is 0.225. The molecule has 1 amide bonds. The molecule has 1 N–H and O–H groups in total. The number of carbonyl (C=O) groups excluding carboxylic acids is 1. The minimum absolute atomic E-state index is 0.225. The third kappa shape index (κ3) is 2.97. The van der Waals surface area contributed by atoms with Crippen LogP contribution >= 0.6 is 0 Å². The summed E-state index contributed by atoms with van der Waals surface area (Å²) in [6.07, 6.45) is 12.7. The van der Waals surface area contributed by atoms with E-state index in [2.05, 4.69) is 33.1 Å². The highest BCUT2D eigenvalue weighted by Gasteiger charge is 2.60. The summed E-state index contributed by atoms with van der Waals surface area (Å²) in [7, 11) is 4.17. The Hall–Kier alpha value is -0.570. The average Bonchev–Trinajstić information content (AvgIpc) is 3.03. The number of hydrogen-bond donors (Lipinski definition) is 1. The molecule has 4 fully saturated rings. The Morgan fingerprint density at radius 3 is 2.36 bits per heavy atom. The predicted octanol–water partition coefficient (Wildman–Crippen LogP) is 5.10. The largest absolute Gasteiger partial charge is 0.343 e. The van der Waals surface area contributed by atoms with Crippen molar-refractivity contribution in [2.24, 2.45) is 40.4 Å². The second kappa shape index (κ2) is 7.29. The number of carbonyl (C=O) groups is 1. The Kier molecular flexibility index (Phi) is 5.39. The Bertz CT molecular complexity index is 605. The van der Waals surface area contributed by atoms with Gasteiger partial charge in [-0.15, -0.1) is 0 Å². The van der Waals surface area contributed by atoms with Crippen molar-refractivity contribution in [3.8, 4) is 0 Å². The van der Waals surface area contributed by atoms with Gasteiger partial charge < -0.3 is 10.2 Å². The summed E-state index contributed by atoms with van der Waals surface area (Å²) in [6, 6.07) is 1.13. The van der Waals surface area contributed by atoms with Crippen LogP contribution in [0, 0.1) is 40.4 Å². The van der Waals surface area contributed by atoms with Crippen molar-refractivity contribution in [2.75, 3.05) is 14.1 Å². The Labute approximate surface area is 173 Å². The fourth-order valence-electron chi connectivity index (χ4n) is 8.91. The van der Waals surface area contributed by atoms with E-state index < -0.39 is 0 Å². The fourth-order valence-corrected chi connectivity index (χ4v) is 8.91. The summed E-state index contributed by atoms with van der Waals surface area (Å²) in [5, 5.41) is 3.57. The van der Waals surface area contributed by atoms with Gasteiger partial charge in [-0.25, -0.2) is 0 Å².